The minimum absolute atomic E-state index is 0.332. The van der Waals surface area contributed by atoms with Gasteiger partial charge in [0.05, 0.1) is 14.4 Å². The molecule has 1 unspecified atom stereocenters. The van der Waals surface area contributed by atoms with Crippen LogP contribution in [0.1, 0.15) is 39.5 Å². The van der Waals surface area contributed by atoms with E-state index in [0.29, 0.717) is 31.2 Å². The highest BCUT2D eigenvalue weighted by atomic mass is 31.1. The average molecular weight is 332 g/mol. The van der Waals surface area contributed by atoms with Crippen LogP contribution < -0.4 is 4.89 Å². The van der Waals surface area contributed by atoms with Crippen molar-refractivity contribution >= 4 is 31.5 Å². The quantitative estimate of drug-likeness (QED) is 0.156. The van der Waals surface area contributed by atoms with E-state index >= 15 is 0 Å². The Hall–Kier alpha value is -1.72. The fraction of sp³-hybridized carbons (Fsp3) is 0.571. The van der Waals surface area contributed by atoms with Gasteiger partial charge in [0.25, 0.3) is 0 Å². The Bertz CT molecular complexity index is 442. The van der Waals surface area contributed by atoms with Crippen LogP contribution >= 0.6 is 7.77 Å². The monoisotopic (exact) mass is 332 g/mol. The van der Waals surface area contributed by atoms with Gasteiger partial charge in [0, 0.05) is 12.5 Å². The zero-order valence-electron chi connectivity index (χ0n) is 12.8. The normalized spacial score (nSPS) is 10.8. The van der Waals surface area contributed by atoms with Crippen molar-refractivity contribution in [1.29, 1.82) is 0 Å². The number of hydrogen-bond donors (Lipinski definition) is 0. The van der Waals surface area contributed by atoms with Gasteiger partial charge in [-0.1, -0.05) is 6.58 Å². The maximum absolute atomic E-state index is 11.5. The summed E-state index contributed by atoms with van der Waals surface area (Å²) in [7, 11) is -1.83. The molecule has 0 amide bonds. The van der Waals surface area contributed by atoms with Gasteiger partial charge in [0.1, 0.15) is 6.16 Å². The first-order valence-electron chi connectivity index (χ1n) is 6.83. The first kappa shape index (κ1) is 20.3. The van der Waals surface area contributed by atoms with E-state index in [0.717, 1.165) is 25.6 Å². The summed E-state index contributed by atoms with van der Waals surface area (Å²) in [6.07, 6.45) is 3.36. The Labute approximate surface area is 130 Å². The van der Waals surface area contributed by atoms with Crippen LogP contribution in [-0.2, 0) is 28.9 Å². The molecule has 8 heteroatoms. The van der Waals surface area contributed by atoms with Gasteiger partial charge in [0.2, 0.25) is 0 Å². The first-order valence-corrected chi connectivity index (χ1v) is 8.34. The van der Waals surface area contributed by atoms with Gasteiger partial charge in [0.15, 0.2) is 5.80 Å². The van der Waals surface area contributed by atoms with Gasteiger partial charge in [-0.3, -0.25) is 0 Å². The zero-order chi connectivity index (χ0) is 17.0. The maximum Gasteiger partial charge on any atom is 0.420 e. The predicted molar refractivity (Wildman–Crippen MR) is 80.0 cm³/mol. The highest BCUT2D eigenvalue weighted by molar-refractivity contribution is 7.52. The molecule has 0 aromatic rings. The molecule has 0 heterocycles. The lowest BCUT2D eigenvalue weighted by molar-refractivity contribution is -0.250. The van der Waals surface area contributed by atoms with Crippen LogP contribution in [0.5, 0.6) is 0 Å². The Morgan fingerprint density at radius 1 is 1.09 bits per heavy atom. The first-order chi connectivity index (χ1) is 10.3. The number of rotatable bonds is 9. The second-order valence-corrected chi connectivity index (χ2v) is 6.12. The van der Waals surface area contributed by atoms with Crippen molar-refractivity contribution in [2.45, 2.75) is 39.5 Å². The number of ether oxygens (including phenoxy) is 1. The van der Waals surface area contributed by atoms with Gasteiger partial charge in [-0.05, 0) is 32.6 Å². The van der Waals surface area contributed by atoms with Gasteiger partial charge < -0.3 is 9.63 Å². The minimum atomic E-state index is -1.83. The smallest absolute Gasteiger partial charge is 0.420 e. The molecular weight excluding hydrogens is 311 g/mol. The number of carbonyl (C=O) groups is 3. The van der Waals surface area contributed by atoms with Gasteiger partial charge in [-0.2, -0.15) is 0 Å². The Balaban J connectivity index is 3.65. The lowest BCUT2D eigenvalue weighted by Gasteiger charge is -2.04. The van der Waals surface area contributed by atoms with Crippen LogP contribution in [0.4, 0.5) is 0 Å². The van der Waals surface area contributed by atoms with Crippen molar-refractivity contribution in [1.82, 2.24) is 0 Å². The Kier molecular flexibility index (Phi) is 11.0. The minimum Gasteiger partial charge on any atom is -0.630 e. The summed E-state index contributed by atoms with van der Waals surface area (Å²) in [4.78, 5) is 52.2. The molecule has 0 aromatic carbocycles. The van der Waals surface area contributed by atoms with Crippen molar-refractivity contribution in [3.8, 4) is 0 Å². The van der Waals surface area contributed by atoms with Gasteiger partial charge in [-0.25, -0.2) is 24.2 Å². The van der Waals surface area contributed by atoms with E-state index in [1.807, 2.05) is 0 Å². The molecule has 0 N–H and O–H groups in total. The summed E-state index contributed by atoms with van der Waals surface area (Å²) in [6.45, 7) is 6.47. The summed E-state index contributed by atoms with van der Waals surface area (Å²) < 4.78 is 4.93. The van der Waals surface area contributed by atoms with Crippen molar-refractivity contribution < 1.29 is 33.8 Å². The molecule has 0 rings (SSSR count). The number of esters is 1. The largest absolute Gasteiger partial charge is 0.630 e. The molecule has 0 bridgehead atoms. The summed E-state index contributed by atoms with van der Waals surface area (Å²) in [5.41, 5.74) is 0.369. The topological polar surface area (TPSA) is 102 Å². The van der Waals surface area contributed by atoms with Crippen molar-refractivity contribution in [3.05, 3.63) is 12.2 Å². The Morgan fingerprint density at radius 3 is 2.32 bits per heavy atom. The summed E-state index contributed by atoms with van der Waals surface area (Å²) in [6, 6.07) is 0. The molecular formula is C14H21O7P. The molecule has 7 nitrogen and oxygen atoms in total. The average Bonchev–Trinajstić information content (AvgIpc) is 2.43. The molecule has 0 radical (unpaired) electrons. The van der Waals surface area contributed by atoms with Gasteiger partial charge >= 0.3 is 17.9 Å². The third-order valence-electron chi connectivity index (χ3n) is 2.35. The molecule has 0 saturated carbocycles. The summed E-state index contributed by atoms with van der Waals surface area (Å²) >= 11 is 0. The van der Waals surface area contributed by atoms with E-state index in [-0.39, 0.29) is 0 Å². The third kappa shape index (κ3) is 12.1. The SMILES string of the molecule is C=C(C)C(=O)OCCCCCC/[P+]([O-])=C/C(=O)OOC(C)=O. The van der Waals surface area contributed by atoms with E-state index in [1.165, 1.54) is 0 Å². The lowest BCUT2D eigenvalue weighted by Crippen LogP contribution is -2.11. The lowest BCUT2D eigenvalue weighted by atomic mass is 10.2. The second-order valence-electron chi connectivity index (χ2n) is 4.58. The molecule has 0 aliphatic carbocycles. The van der Waals surface area contributed by atoms with Crippen LogP contribution in [0, 0.1) is 0 Å². The van der Waals surface area contributed by atoms with E-state index in [4.69, 9.17) is 4.74 Å². The molecule has 22 heavy (non-hydrogen) atoms. The standard InChI is InChI=1S/C14H21O7P/c1-11(2)14(17)19-8-6-4-5-7-9-22(18)10-13(16)21-20-12(3)15/h10H,1,4-9H2,2-3H3. The maximum atomic E-state index is 11.5. The van der Waals surface area contributed by atoms with E-state index in [2.05, 4.69) is 16.4 Å². The Morgan fingerprint density at radius 2 is 1.73 bits per heavy atom. The molecule has 1 atom stereocenters. The van der Waals surface area contributed by atoms with Crippen LogP contribution in [0.3, 0.4) is 0 Å². The van der Waals surface area contributed by atoms with Crippen LogP contribution in [0.15, 0.2) is 12.2 Å². The molecule has 0 fully saturated rings. The molecule has 0 aliphatic rings. The second kappa shape index (κ2) is 11.9. The molecule has 0 aliphatic heterocycles. The van der Waals surface area contributed by atoms with Crippen LogP contribution in [0.2, 0.25) is 0 Å². The molecule has 0 saturated heterocycles. The predicted octanol–water partition coefficient (Wildman–Crippen LogP) is 1.25. The number of hydrogen-bond acceptors (Lipinski definition) is 7. The van der Waals surface area contributed by atoms with Crippen molar-refractivity contribution in [2.24, 2.45) is 0 Å². The summed E-state index contributed by atoms with van der Waals surface area (Å²) in [5.74, 6) is -1.20. The van der Waals surface area contributed by atoms with Crippen LogP contribution in [0.25, 0.3) is 0 Å². The van der Waals surface area contributed by atoms with Crippen molar-refractivity contribution in [3.63, 3.8) is 0 Å². The highest BCUT2D eigenvalue weighted by Gasteiger charge is 2.08. The molecule has 0 aromatic heterocycles. The van der Waals surface area contributed by atoms with E-state index in [1.54, 1.807) is 6.92 Å². The zero-order valence-corrected chi connectivity index (χ0v) is 13.7. The van der Waals surface area contributed by atoms with E-state index in [9.17, 15) is 19.3 Å². The van der Waals surface area contributed by atoms with Crippen molar-refractivity contribution in [2.75, 3.05) is 12.8 Å². The highest BCUT2D eigenvalue weighted by Crippen LogP contribution is 2.14. The fourth-order valence-electron chi connectivity index (χ4n) is 1.31. The number of unbranched alkanes of at least 4 members (excludes halogenated alkanes) is 3. The van der Waals surface area contributed by atoms with Gasteiger partial charge in [-0.15, -0.1) is 0 Å². The fourth-order valence-corrected chi connectivity index (χ4v) is 2.26. The van der Waals surface area contributed by atoms with E-state index < -0.39 is 25.7 Å². The molecule has 0 spiro atoms. The summed E-state index contributed by atoms with van der Waals surface area (Å²) in [5, 5.41) is 0. The molecule has 124 valence electrons. The third-order valence-corrected chi connectivity index (χ3v) is 3.60. The van der Waals surface area contributed by atoms with Crippen LogP contribution in [-0.4, -0.2) is 36.5 Å². The number of carbonyl (C=O) groups excluding carboxylic acids is 3.